The van der Waals surface area contributed by atoms with E-state index in [-0.39, 0.29) is 6.29 Å². The molecule has 0 atom stereocenters. The molecular weight excluding hydrogens is 134 g/mol. The zero-order valence-corrected chi connectivity index (χ0v) is 3.97. The molecule has 0 saturated heterocycles. The van der Waals surface area contributed by atoms with Crippen molar-refractivity contribution in [2.45, 2.75) is 0 Å². The topological polar surface area (TPSA) is 95.7 Å². The van der Waals surface area contributed by atoms with Crippen molar-refractivity contribution in [1.29, 1.82) is 0 Å². The Morgan fingerprint density at radius 3 is 2.56 bits per heavy atom. The second kappa shape index (κ2) is 3.36. The fourth-order valence-corrected chi connectivity index (χ4v) is 0.0868. The van der Waals surface area contributed by atoms with Crippen molar-refractivity contribution >= 4 is 12.3 Å². The molecule has 0 rings (SSSR count). The van der Waals surface area contributed by atoms with Crippen LogP contribution < -0.4 is 0 Å². The van der Waals surface area contributed by atoms with Gasteiger partial charge in [-0.3, -0.25) is 9.68 Å². The lowest BCUT2D eigenvalue weighted by atomic mass is 10.8. The molecule has 0 unspecified atom stereocenters. The Balaban J connectivity index is 3.39. The van der Waals surface area contributed by atoms with Gasteiger partial charge in [0.25, 0.3) is 0 Å². The SMILES string of the molecule is O=CC(=O)OO[N+](=O)[O-]. The molecule has 0 heterocycles. The minimum atomic E-state index is -1.45. The van der Waals surface area contributed by atoms with E-state index in [4.69, 9.17) is 0 Å². The number of rotatable bonds is 3. The summed E-state index contributed by atoms with van der Waals surface area (Å²) in [7, 11) is 0. The molecule has 0 aliphatic carbocycles. The first-order valence-corrected chi connectivity index (χ1v) is 1.65. The van der Waals surface area contributed by atoms with Crippen LogP contribution in [-0.4, -0.2) is 17.3 Å². The zero-order valence-electron chi connectivity index (χ0n) is 3.97. The van der Waals surface area contributed by atoms with Gasteiger partial charge in [-0.1, -0.05) is 4.99 Å². The van der Waals surface area contributed by atoms with Crippen LogP contribution in [0.1, 0.15) is 0 Å². The van der Waals surface area contributed by atoms with E-state index in [1.165, 1.54) is 0 Å². The minimum Gasteiger partial charge on any atom is -0.290 e. The van der Waals surface area contributed by atoms with Gasteiger partial charge in [0.05, 0.1) is 0 Å². The van der Waals surface area contributed by atoms with Crippen molar-refractivity contribution < 1.29 is 24.6 Å². The molecule has 0 bridgehead atoms. The molecule has 0 aromatic rings. The van der Waals surface area contributed by atoms with E-state index in [9.17, 15) is 19.7 Å². The van der Waals surface area contributed by atoms with Gasteiger partial charge in [-0.05, 0) is 0 Å². The van der Waals surface area contributed by atoms with Crippen LogP contribution in [0.25, 0.3) is 0 Å². The van der Waals surface area contributed by atoms with Gasteiger partial charge in [0, 0.05) is 0 Å². The van der Waals surface area contributed by atoms with Gasteiger partial charge in [0.15, 0.2) is 0 Å². The van der Waals surface area contributed by atoms with Crippen molar-refractivity contribution in [3.8, 4) is 0 Å². The lowest BCUT2D eigenvalue weighted by molar-refractivity contribution is -0.839. The third-order valence-electron chi connectivity index (χ3n) is 0.276. The van der Waals surface area contributed by atoms with E-state index in [1.807, 2.05) is 0 Å². The summed E-state index contributed by atoms with van der Waals surface area (Å²) in [6.45, 7) is 0. The van der Waals surface area contributed by atoms with Crippen molar-refractivity contribution in [3.05, 3.63) is 10.1 Å². The van der Waals surface area contributed by atoms with Gasteiger partial charge in [-0.2, -0.15) is 0 Å². The molecule has 0 spiro atoms. The number of carbonyl (C=O) groups is 2. The first-order chi connectivity index (χ1) is 4.16. The van der Waals surface area contributed by atoms with E-state index in [0.717, 1.165) is 0 Å². The third kappa shape index (κ3) is 4.19. The highest BCUT2D eigenvalue weighted by atomic mass is 17.3. The van der Waals surface area contributed by atoms with Gasteiger partial charge < -0.3 is 0 Å². The molecule has 50 valence electrons. The van der Waals surface area contributed by atoms with Gasteiger partial charge >= 0.3 is 11.1 Å². The third-order valence-corrected chi connectivity index (χ3v) is 0.276. The monoisotopic (exact) mass is 135 g/mol. The van der Waals surface area contributed by atoms with Crippen molar-refractivity contribution in [3.63, 3.8) is 0 Å². The standard InChI is InChI=1S/C2HNO6/c4-1-2(5)8-9-3(6)7/h1H. The Hall–Kier alpha value is -1.66. The van der Waals surface area contributed by atoms with Crippen molar-refractivity contribution in [2.75, 3.05) is 0 Å². The lowest BCUT2D eigenvalue weighted by Crippen LogP contribution is -2.09. The van der Waals surface area contributed by atoms with E-state index in [2.05, 4.69) is 9.88 Å². The molecule has 0 radical (unpaired) electrons. The number of hydrogen-bond donors (Lipinski definition) is 0. The first-order valence-electron chi connectivity index (χ1n) is 1.65. The maximum atomic E-state index is 9.70. The van der Waals surface area contributed by atoms with Crippen LogP contribution in [0.2, 0.25) is 0 Å². The summed E-state index contributed by atoms with van der Waals surface area (Å²) in [5.74, 6) is -1.45. The van der Waals surface area contributed by atoms with Gasteiger partial charge in [-0.15, -0.1) is 10.1 Å². The summed E-state index contributed by atoms with van der Waals surface area (Å²) in [5.41, 5.74) is 0. The molecule has 7 heteroatoms. The number of aldehydes is 1. The molecule has 0 aromatic carbocycles. The first kappa shape index (κ1) is 7.34. The second-order valence-electron chi connectivity index (χ2n) is 0.818. The van der Waals surface area contributed by atoms with E-state index in [0.29, 0.717) is 0 Å². The van der Waals surface area contributed by atoms with Crippen LogP contribution in [0.4, 0.5) is 0 Å². The molecule has 9 heavy (non-hydrogen) atoms. The summed E-state index contributed by atoms with van der Waals surface area (Å²) in [6.07, 6.45) is -0.260. The van der Waals surface area contributed by atoms with Crippen LogP contribution in [0.5, 0.6) is 0 Å². The van der Waals surface area contributed by atoms with Crippen molar-refractivity contribution in [1.82, 2.24) is 0 Å². The Labute approximate surface area is 48.2 Å². The van der Waals surface area contributed by atoms with Crippen LogP contribution in [0.3, 0.4) is 0 Å². The van der Waals surface area contributed by atoms with Gasteiger partial charge in [0.2, 0.25) is 6.29 Å². The summed E-state index contributed by atoms with van der Waals surface area (Å²) in [4.78, 5) is 34.5. The highest BCUT2D eigenvalue weighted by Crippen LogP contribution is 1.76. The smallest absolute Gasteiger partial charge is 0.290 e. The molecular formula is C2HNO6. The van der Waals surface area contributed by atoms with Gasteiger partial charge in [0.1, 0.15) is 0 Å². The molecule has 0 aliphatic rings. The lowest BCUT2D eigenvalue weighted by Gasteiger charge is -1.88. The van der Waals surface area contributed by atoms with Crippen LogP contribution in [0.15, 0.2) is 0 Å². The Kier molecular flexibility index (Phi) is 2.74. The van der Waals surface area contributed by atoms with Crippen molar-refractivity contribution in [2.24, 2.45) is 0 Å². The zero-order chi connectivity index (χ0) is 7.28. The molecule has 0 fully saturated rings. The van der Waals surface area contributed by atoms with Crippen LogP contribution in [-0.2, 0) is 19.5 Å². The second-order valence-corrected chi connectivity index (χ2v) is 0.818. The number of nitrogens with zero attached hydrogens (tertiary/aromatic N) is 1. The van der Waals surface area contributed by atoms with Crippen LogP contribution in [0, 0.1) is 10.1 Å². The average molecular weight is 135 g/mol. The Bertz CT molecular complexity index is 140. The van der Waals surface area contributed by atoms with Crippen LogP contribution >= 0.6 is 0 Å². The summed E-state index contributed by atoms with van der Waals surface area (Å²) in [5, 5.41) is 7.85. The van der Waals surface area contributed by atoms with E-state index in [1.54, 1.807) is 0 Å². The number of carbonyl (C=O) groups excluding carboxylic acids is 2. The highest BCUT2D eigenvalue weighted by Gasteiger charge is 2.02. The average Bonchev–Trinajstić information content (AvgIpc) is 1.83. The highest BCUT2D eigenvalue weighted by molar-refractivity contribution is 6.20. The largest absolute Gasteiger partial charge is 0.405 e. The number of hydrogen-bond acceptors (Lipinski definition) is 6. The summed E-state index contributed by atoms with van der Waals surface area (Å²) >= 11 is 0. The minimum absolute atomic E-state index is 0.260. The predicted octanol–water partition coefficient (Wildman–Crippen LogP) is -1.15. The normalized spacial score (nSPS) is 7.56. The summed E-state index contributed by atoms with van der Waals surface area (Å²) in [6, 6.07) is 0. The molecule has 0 aliphatic heterocycles. The maximum Gasteiger partial charge on any atom is 0.405 e. The summed E-state index contributed by atoms with van der Waals surface area (Å²) < 4.78 is 0. The quantitative estimate of drug-likeness (QED) is 0.159. The predicted molar refractivity (Wildman–Crippen MR) is 20.2 cm³/mol. The molecule has 0 saturated carbocycles. The molecule has 0 N–H and O–H groups in total. The maximum absolute atomic E-state index is 9.70. The van der Waals surface area contributed by atoms with Gasteiger partial charge in [-0.25, -0.2) is 4.79 Å². The Morgan fingerprint density at radius 2 is 2.22 bits per heavy atom. The fraction of sp³-hybridized carbons (Fsp3) is 0. The van der Waals surface area contributed by atoms with E-state index >= 15 is 0 Å². The molecule has 0 aromatic heterocycles. The Morgan fingerprint density at radius 1 is 1.67 bits per heavy atom. The van der Waals surface area contributed by atoms with E-state index < -0.39 is 11.1 Å². The molecule has 7 nitrogen and oxygen atoms in total. The molecule has 0 amide bonds. The fourth-order valence-electron chi connectivity index (χ4n) is 0.0868.